The Labute approximate surface area is 70.3 Å². The first-order chi connectivity index (χ1) is 4.20. The Morgan fingerprint density at radius 3 is 1.56 bits per heavy atom. The van der Waals surface area contributed by atoms with E-state index >= 15 is 0 Å². The summed E-state index contributed by atoms with van der Waals surface area (Å²) in [5.74, 6) is -0.140. The van der Waals surface area contributed by atoms with Gasteiger partial charge in [-0.1, -0.05) is 31.9 Å². The van der Waals surface area contributed by atoms with Crippen molar-refractivity contribution < 1.29 is 9.59 Å². The summed E-state index contributed by atoms with van der Waals surface area (Å²) in [6.07, 6.45) is 0.0382. The van der Waals surface area contributed by atoms with Gasteiger partial charge in [0.25, 0.3) is 0 Å². The summed E-state index contributed by atoms with van der Waals surface area (Å²) in [5.41, 5.74) is 0. The molecule has 0 aromatic rings. The van der Waals surface area contributed by atoms with Crippen molar-refractivity contribution in [1.29, 1.82) is 0 Å². The van der Waals surface area contributed by atoms with E-state index in [0.717, 1.165) is 0 Å². The molecule has 4 heteroatoms. The number of halogens is 2. The third-order valence-electron chi connectivity index (χ3n) is 0.692. The number of rotatable bonds is 4. The molecule has 0 amide bonds. The van der Waals surface area contributed by atoms with Crippen LogP contribution < -0.4 is 0 Å². The van der Waals surface area contributed by atoms with Crippen LogP contribution in [0.15, 0.2) is 0 Å². The van der Waals surface area contributed by atoms with Crippen molar-refractivity contribution in [2.24, 2.45) is 0 Å². The summed E-state index contributed by atoms with van der Waals surface area (Å²) < 4.78 is 0. The second kappa shape index (κ2) is 5.11. The van der Waals surface area contributed by atoms with Gasteiger partial charge in [0.15, 0.2) is 11.6 Å². The first kappa shape index (κ1) is 9.30. The van der Waals surface area contributed by atoms with Crippen molar-refractivity contribution in [3.05, 3.63) is 0 Å². The summed E-state index contributed by atoms with van der Waals surface area (Å²) in [7, 11) is 0. The second-order valence-corrected chi connectivity index (χ2v) is 2.64. The molecule has 0 atom stereocenters. The number of hydrogen-bond acceptors (Lipinski definition) is 2. The fourth-order valence-corrected chi connectivity index (χ4v) is 0.711. The average molecular weight is 258 g/mol. The highest BCUT2D eigenvalue weighted by Crippen LogP contribution is 1.93. The van der Waals surface area contributed by atoms with Gasteiger partial charge in [0.1, 0.15) is 0 Å². The molecule has 2 nitrogen and oxygen atoms in total. The molecule has 0 aromatic heterocycles. The lowest BCUT2D eigenvalue weighted by Gasteiger charge is -1.89. The highest BCUT2D eigenvalue weighted by molar-refractivity contribution is 9.09. The van der Waals surface area contributed by atoms with Crippen molar-refractivity contribution in [2.75, 3.05) is 10.7 Å². The molecule has 0 N–H and O–H groups in total. The lowest BCUT2D eigenvalue weighted by atomic mass is 10.2. The molecule has 52 valence electrons. The maximum absolute atomic E-state index is 10.5. The van der Waals surface area contributed by atoms with Gasteiger partial charge < -0.3 is 0 Å². The van der Waals surface area contributed by atoms with E-state index in [0.29, 0.717) is 0 Å². The highest BCUT2D eigenvalue weighted by Gasteiger charge is 2.04. The van der Waals surface area contributed by atoms with Gasteiger partial charge in [-0.05, 0) is 0 Å². The number of Topliss-reactive ketones (excluding diaryl/α,β-unsaturated/α-hetero) is 2. The summed E-state index contributed by atoms with van der Waals surface area (Å²) in [6.45, 7) is 0. The predicted octanol–water partition coefficient (Wildman–Crippen LogP) is 1.30. The monoisotopic (exact) mass is 256 g/mol. The smallest absolute Gasteiger partial charge is 0.150 e. The molecule has 0 aliphatic rings. The van der Waals surface area contributed by atoms with E-state index in [1.165, 1.54) is 0 Å². The SMILES string of the molecule is O=C(CBr)CC(=O)CBr. The molecular weight excluding hydrogens is 252 g/mol. The molecule has 0 saturated carbocycles. The molecule has 0 bridgehead atoms. The van der Waals surface area contributed by atoms with E-state index in [1.54, 1.807) is 0 Å². The van der Waals surface area contributed by atoms with Crippen LogP contribution in [-0.2, 0) is 9.59 Å². The van der Waals surface area contributed by atoms with Gasteiger partial charge in [-0.25, -0.2) is 0 Å². The van der Waals surface area contributed by atoms with Crippen LogP contribution in [0.25, 0.3) is 0 Å². The topological polar surface area (TPSA) is 34.1 Å². The predicted molar refractivity (Wildman–Crippen MR) is 42.2 cm³/mol. The van der Waals surface area contributed by atoms with E-state index in [1.807, 2.05) is 0 Å². The Kier molecular flexibility index (Phi) is 5.28. The number of ketones is 2. The highest BCUT2D eigenvalue weighted by atomic mass is 79.9. The molecule has 0 heterocycles. The van der Waals surface area contributed by atoms with Crippen molar-refractivity contribution in [1.82, 2.24) is 0 Å². The summed E-state index contributed by atoms with van der Waals surface area (Å²) in [6, 6.07) is 0. The molecular formula is C5H6Br2O2. The zero-order chi connectivity index (χ0) is 7.28. The van der Waals surface area contributed by atoms with E-state index in [9.17, 15) is 9.59 Å². The van der Waals surface area contributed by atoms with E-state index < -0.39 is 0 Å². The summed E-state index contributed by atoms with van der Waals surface area (Å²) >= 11 is 5.91. The Bertz CT molecular complexity index is 108. The van der Waals surface area contributed by atoms with Crippen LogP contribution in [0.4, 0.5) is 0 Å². The maximum atomic E-state index is 10.5. The van der Waals surface area contributed by atoms with Crippen molar-refractivity contribution in [3.63, 3.8) is 0 Å². The van der Waals surface area contributed by atoms with E-state index in [2.05, 4.69) is 31.9 Å². The van der Waals surface area contributed by atoms with Crippen LogP contribution in [0, 0.1) is 0 Å². The van der Waals surface area contributed by atoms with Crippen molar-refractivity contribution in [2.45, 2.75) is 6.42 Å². The molecule has 0 rings (SSSR count). The minimum Gasteiger partial charge on any atom is -0.298 e. The molecule has 0 fully saturated rings. The van der Waals surface area contributed by atoms with Crippen LogP contribution >= 0.6 is 31.9 Å². The van der Waals surface area contributed by atoms with E-state index in [4.69, 9.17) is 0 Å². The first-order valence-electron chi connectivity index (χ1n) is 2.36. The minimum absolute atomic E-state index is 0.0382. The minimum atomic E-state index is -0.0700. The number of carbonyl (C=O) groups is 2. The quantitative estimate of drug-likeness (QED) is 0.562. The van der Waals surface area contributed by atoms with Crippen LogP contribution in [0.1, 0.15) is 6.42 Å². The number of alkyl halides is 2. The van der Waals surface area contributed by atoms with Crippen molar-refractivity contribution >= 4 is 43.4 Å². The molecule has 0 spiro atoms. The standard InChI is InChI=1S/C5H6Br2O2/c6-2-4(8)1-5(9)3-7/h1-3H2. The van der Waals surface area contributed by atoms with Gasteiger partial charge in [0.2, 0.25) is 0 Å². The first-order valence-corrected chi connectivity index (χ1v) is 4.60. The molecule has 0 aliphatic carbocycles. The maximum Gasteiger partial charge on any atom is 0.150 e. The number of carbonyl (C=O) groups excluding carboxylic acids is 2. The molecule has 0 radical (unpaired) electrons. The second-order valence-electron chi connectivity index (χ2n) is 1.52. The van der Waals surface area contributed by atoms with Crippen LogP contribution in [-0.4, -0.2) is 22.2 Å². The molecule has 0 aromatic carbocycles. The Morgan fingerprint density at radius 2 is 1.33 bits per heavy atom. The van der Waals surface area contributed by atoms with Crippen LogP contribution in [0.2, 0.25) is 0 Å². The normalized spacial score (nSPS) is 9.11. The third kappa shape index (κ3) is 4.78. The fourth-order valence-electron chi connectivity index (χ4n) is 0.314. The molecule has 0 aliphatic heterocycles. The van der Waals surface area contributed by atoms with Crippen molar-refractivity contribution in [3.8, 4) is 0 Å². The Morgan fingerprint density at radius 1 is 1.00 bits per heavy atom. The van der Waals surface area contributed by atoms with Crippen LogP contribution in [0.5, 0.6) is 0 Å². The number of hydrogen-bond donors (Lipinski definition) is 0. The van der Waals surface area contributed by atoms with Gasteiger partial charge in [0, 0.05) is 0 Å². The summed E-state index contributed by atoms with van der Waals surface area (Å²) in [4.78, 5) is 21.0. The van der Waals surface area contributed by atoms with Crippen LogP contribution in [0.3, 0.4) is 0 Å². The lowest BCUT2D eigenvalue weighted by molar-refractivity contribution is -0.124. The lowest BCUT2D eigenvalue weighted by Crippen LogP contribution is -2.08. The fraction of sp³-hybridized carbons (Fsp3) is 0.600. The Balaban J connectivity index is 3.47. The molecule has 0 unspecified atom stereocenters. The van der Waals surface area contributed by atoms with Gasteiger partial charge in [-0.2, -0.15) is 0 Å². The average Bonchev–Trinajstić information content (AvgIpc) is 1.87. The van der Waals surface area contributed by atoms with Gasteiger partial charge in [0.05, 0.1) is 17.1 Å². The summed E-state index contributed by atoms with van der Waals surface area (Å²) in [5, 5.41) is 0.539. The Hall–Kier alpha value is 0.300. The zero-order valence-electron chi connectivity index (χ0n) is 4.69. The largest absolute Gasteiger partial charge is 0.298 e. The third-order valence-corrected chi connectivity index (χ3v) is 1.94. The van der Waals surface area contributed by atoms with Gasteiger partial charge in [-0.15, -0.1) is 0 Å². The molecule has 9 heavy (non-hydrogen) atoms. The zero-order valence-corrected chi connectivity index (χ0v) is 7.87. The van der Waals surface area contributed by atoms with E-state index in [-0.39, 0.29) is 28.6 Å². The van der Waals surface area contributed by atoms with Gasteiger partial charge in [-0.3, -0.25) is 9.59 Å². The van der Waals surface area contributed by atoms with Gasteiger partial charge >= 0.3 is 0 Å². The molecule has 0 saturated heterocycles.